The molecule has 1 aromatic heterocycles. The number of anilines is 1. The minimum atomic E-state index is 0.218. The number of piperidine rings is 1. The van der Waals surface area contributed by atoms with E-state index in [2.05, 4.69) is 47.4 Å². The standard InChI is InChI=1S/C13H22N4/c1-10-5-6-12(16-15-10)17(4)11-7-8-14-13(2,3)9-11/h5-6,11,14H,7-9H2,1-4H3. The Balaban J connectivity index is 2.09. The summed E-state index contributed by atoms with van der Waals surface area (Å²) in [7, 11) is 2.12. The third-order valence-electron chi connectivity index (χ3n) is 3.52. The molecule has 17 heavy (non-hydrogen) atoms. The Labute approximate surface area is 103 Å². The highest BCUT2D eigenvalue weighted by Gasteiger charge is 2.30. The highest BCUT2D eigenvalue weighted by Crippen LogP contribution is 2.24. The predicted molar refractivity (Wildman–Crippen MR) is 70.3 cm³/mol. The molecule has 0 radical (unpaired) electrons. The van der Waals surface area contributed by atoms with Crippen molar-refractivity contribution in [1.29, 1.82) is 0 Å². The van der Waals surface area contributed by atoms with E-state index in [-0.39, 0.29) is 5.54 Å². The van der Waals surface area contributed by atoms with E-state index in [1.807, 2.05) is 13.0 Å². The van der Waals surface area contributed by atoms with E-state index in [4.69, 9.17) is 0 Å². The fraction of sp³-hybridized carbons (Fsp3) is 0.692. The second-order valence-electron chi connectivity index (χ2n) is 5.60. The molecular formula is C13H22N4. The topological polar surface area (TPSA) is 41.0 Å². The fourth-order valence-electron chi connectivity index (χ4n) is 2.44. The molecule has 1 fully saturated rings. The van der Waals surface area contributed by atoms with Gasteiger partial charge < -0.3 is 10.2 Å². The number of rotatable bonds is 2. The fourth-order valence-corrected chi connectivity index (χ4v) is 2.44. The summed E-state index contributed by atoms with van der Waals surface area (Å²) in [6, 6.07) is 4.62. The molecule has 2 heterocycles. The van der Waals surface area contributed by atoms with Crippen molar-refractivity contribution < 1.29 is 0 Å². The SMILES string of the molecule is Cc1ccc(N(C)C2CCNC(C)(C)C2)nn1. The van der Waals surface area contributed by atoms with E-state index >= 15 is 0 Å². The summed E-state index contributed by atoms with van der Waals surface area (Å²) in [4.78, 5) is 2.26. The van der Waals surface area contributed by atoms with Crippen molar-refractivity contribution >= 4 is 5.82 Å². The van der Waals surface area contributed by atoms with Gasteiger partial charge in [-0.3, -0.25) is 0 Å². The monoisotopic (exact) mass is 234 g/mol. The summed E-state index contributed by atoms with van der Waals surface area (Å²) < 4.78 is 0. The van der Waals surface area contributed by atoms with Gasteiger partial charge in [0.05, 0.1) is 5.69 Å². The summed E-state index contributed by atoms with van der Waals surface area (Å²) in [6.07, 6.45) is 2.30. The Morgan fingerprint density at radius 1 is 1.35 bits per heavy atom. The molecule has 1 N–H and O–H groups in total. The third kappa shape index (κ3) is 2.94. The van der Waals surface area contributed by atoms with Gasteiger partial charge in [-0.05, 0) is 52.3 Å². The van der Waals surface area contributed by atoms with Gasteiger partial charge in [-0.15, -0.1) is 5.10 Å². The van der Waals surface area contributed by atoms with Crippen LogP contribution < -0.4 is 10.2 Å². The van der Waals surface area contributed by atoms with Gasteiger partial charge in [0.15, 0.2) is 5.82 Å². The zero-order valence-corrected chi connectivity index (χ0v) is 11.2. The van der Waals surface area contributed by atoms with Crippen LogP contribution in [0.1, 0.15) is 32.4 Å². The Hall–Kier alpha value is -1.16. The van der Waals surface area contributed by atoms with Crippen LogP contribution in [-0.2, 0) is 0 Å². The molecule has 2 rings (SSSR count). The highest BCUT2D eigenvalue weighted by atomic mass is 15.3. The van der Waals surface area contributed by atoms with Crippen molar-refractivity contribution in [2.45, 2.75) is 45.2 Å². The summed E-state index contributed by atoms with van der Waals surface area (Å²) in [5.74, 6) is 0.971. The van der Waals surface area contributed by atoms with Gasteiger partial charge in [0.25, 0.3) is 0 Å². The van der Waals surface area contributed by atoms with Crippen LogP contribution in [0.3, 0.4) is 0 Å². The minimum Gasteiger partial charge on any atom is -0.355 e. The van der Waals surface area contributed by atoms with Crippen molar-refractivity contribution in [3.8, 4) is 0 Å². The Morgan fingerprint density at radius 2 is 2.12 bits per heavy atom. The Morgan fingerprint density at radius 3 is 2.71 bits per heavy atom. The average molecular weight is 234 g/mol. The molecule has 4 heteroatoms. The van der Waals surface area contributed by atoms with Gasteiger partial charge >= 0.3 is 0 Å². The van der Waals surface area contributed by atoms with Crippen LogP contribution in [-0.4, -0.2) is 35.4 Å². The van der Waals surface area contributed by atoms with E-state index in [1.54, 1.807) is 0 Å². The normalized spacial score (nSPS) is 23.4. The number of nitrogens with one attached hydrogen (secondary N) is 1. The molecule has 0 bridgehead atoms. The Bertz CT molecular complexity index is 372. The zero-order valence-electron chi connectivity index (χ0n) is 11.2. The molecule has 1 aromatic rings. The molecule has 0 spiro atoms. The first-order valence-corrected chi connectivity index (χ1v) is 6.26. The number of hydrogen-bond acceptors (Lipinski definition) is 4. The third-order valence-corrected chi connectivity index (χ3v) is 3.52. The van der Waals surface area contributed by atoms with Crippen molar-refractivity contribution in [2.24, 2.45) is 0 Å². The van der Waals surface area contributed by atoms with Gasteiger partial charge in [-0.25, -0.2) is 0 Å². The molecule has 0 aromatic carbocycles. The van der Waals surface area contributed by atoms with Crippen LogP contribution >= 0.6 is 0 Å². The predicted octanol–water partition coefficient (Wildman–Crippen LogP) is 1.75. The quantitative estimate of drug-likeness (QED) is 0.846. The second-order valence-corrected chi connectivity index (χ2v) is 5.60. The maximum Gasteiger partial charge on any atom is 0.151 e. The van der Waals surface area contributed by atoms with E-state index in [0.717, 1.165) is 30.9 Å². The maximum atomic E-state index is 4.26. The molecule has 1 aliphatic rings. The summed E-state index contributed by atoms with van der Waals surface area (Å²) in [5, 5.41) is 11.9. The minimum absolute atomic E-state index is 0.218. The molecule has 0 saturated carbocycles. The van der Waals surface area contributed by atoms with E-state index in [1.165, 1.54) is 0 Å². The van der Waals surface area contributed by atoms with Gasteiger partial charge in [-0.1, -0.05) is 0 Å². The van der Waals surface area contributed by atoms with Crippen LogP contribution in [0.2, 0.25) is 0 Å². The lowest BCUT2D eigenvalue weighted by Crippen LogP contribution is -2.52. The molecule has 1 saturated heterocycles. The molecule has 94 valence electrons. The molecular weight excluding hydrogens is 212 g/mol. The van der Waals surface area contributed by atoms with Gasteiger partial charge in [0.1, 0.15) is 0 Å². The molecule has 0 amide bonds. The lowest BCUT2D eigenvalue weighted by molar-refractivity contribution is 0.271. The second kappa shape index (κ2) is 4.61. The molecule has 1 aliphatic heterocycles. The van der Waals surface area contributed by atoms with Crippen LogP contribution in [0.25, 0.3) is 0 Å². The number of hydrogen-bond donors (Lipinski definition) is 1. The van der Waals surface area contributed by atoms with E-state index < -0.39 is 0 Å². The summed E-state index contributed by atoms with van der Waals surface area (Å²) in [6.45, 7) is 7.55. The van der Waals surface area contributed by atoms with Crippen molar-refractivity contribution in [3.63, 3.8) is 0 Å². The smallest absolute Gasteiger partial charge is 0.151 e. The lowest BCUT2D eigenvalue weighted by Gasteiger charge is -2.40. The zero-order chi connectivity index (χ0) is 12.5. The van der Waals surface area contributed by atoms with Crippen LogP contribution in [0.4, 0.5) is 5.82 Å². The summed E-state index contributed by atoms with van der Waals surface area (Å²) in [5.41, 5.74) is 1.18. The lowest BCUT2D eigenvalue weighted by atomic mass is 9.88. The van der Waals surface area contributed by atoms with Crippen molar-refractivity contribution in [1.82, 2.24) is 15.5 Å². The van der Waals surface area contributed by atoms with Crippen LogP contribution in [0.5, 0.6) is 0 Å². The van der Waals surface area contributed by atoms with Gasteiger partial charge in [0, 0.05) is 18.6 Å². The Kier molecular flexibility index (Phi) is 3.33. The number of aromatic nitrogens is 2. The molecule has 4 nitrogen and oxygen atoms in total. The number of aryl methyl sites for hydroxylation is 1. The van der Waals surface area contributed by atoms with Crippen molar-refractivity contribution in [2.75, 3.05) is 18.5 Å². The van der Waals surface area contributed by atoms with E-state index in [0.29, 0.717) is 6.04 Å². The largest absolute Gasteiger partial charge is 0.355 e. The molecule has 1 atom stereocenters. The number of nitrogens with zero attached hydrogens (tertiary/aromatic N) is 3. The van der Waals surface area contributed by atoms with Crippen molar-refractivity contribution in [3.05, 3.63) is 17.8 Å². The average Bonchev–Trinajstić information content (AvgIpc) is 2.28. The molecule has 0 aliphatic carbocycles. The summed E-state index contributed by atoms with van der Waals surface area (Å²) >= 11 is 0. The highest BCUT2D eigenvalue weighted by molar-refractivity contribution is 5.37. The van der Waals surface area contributed by atoms with Gasteiger partial charge in [0.2, 0.25) is 0 Å². The first-order valence-electron chi connectivity index (χ1n) is 6.26. The van der Waals surface area contributed by atoms with E-state index in [9.17, 15) is 0 Å². The maximum absolute atomic E-state index is 4.26. The molecule has 1 unspecified atom stereocenters. The first kappa shape index (κ1) is 12.3. The van der Waals surface area contributed by atoms with Gasteiger partial charge in [-0.2, -0.15) is 5.10 Å². The van der Waals surface area contributed by atoms with Crippen LogP contribution in [0, 0.1) is 6.92 Å². The first-order chi connectivity index (χ1) is 7.98. The van der Waals surface area contributed by atoms with Crippen LogP contribution in [0.15, 0.2) is 12.1 Å².